The Balaban J connectivity index is 1.83. The summed E-state index contributed by atoms with van der Waals surface area (Å²) in [6.45, 7) is 2.32. The fourth-order valence-electron chi connectivity index (χ4n) is 3.83. The summed E-state index contributed by atoms with van der Waals surface area (Å²) in [5.74, 6) is -1.02. The SMILES string of the molecule is CCOC(=O)[C@H]1C(=O)N(c2ccccc2)[C@@H]2c3ccccc3OC[C@H]12. The van der Waals surface area contributed by atoms with Gasteiger partial charge >= 0.3 is 5.97 Å². The molecule has 0 radical (unpaired) electrons. The maximum absolute atomic E-state index is 13.2. The lowest BCUT2D eigenvalue weighted by atomic mass is 9.85. The van der Waals surface area contributed by atoms with Gasteiger partial charge in [-0.15, -0.1) is 0 Å². The fourth-order valence-corrected chi connectivity index (χ4v) is 3.83. The van der Waals surface area contributed by atoms with Crippen molar-refractivity contribution >= 4 is 17.6 Å². The zero-order valence-corrected chi connectivity index (χ0v) is 13.9. The molecule has 5 heteroatoms. The predicted molar refractivity (Wildman–Crippen MR) is 92.2 cm³/mol. The van der Waals surface area contributed by atoms with E-state index in [2.05, 4.69) is 0 Å². The van der Waals surface area contributed by atoms with E-state index < -0.39 is 11.9 Å². The second-order valence-corrected chi connectivity index (χ2v) is 6.23. The minimum atomic E-state index is -0.835. The van der Waals surface area contributed by atoms with E-state index in [0.29, 0.717) is 6.61 Å². The predicted octanol–water partition coefficient (Wildman–Crippen LogP) is 2.96. The quantitative estimate of drug-likeness (QED) is 0.638. The van der Waals surface area contributed by atoms with Gasteiger partial charge < -0.3 is 14.4 Å². The Bertz CT molecular complexity index is 804. The molecule has 1 fully saturated rings. The number of esters is 1. The van der Waals surface area contributed by atoms with Gasteiger partial charge in [-0.2, -0.15) is 0 Å². The van der Waals surface area contributed by atoms with Crippen LogP contribution in [0.2, 0.25) is 0 Å². The monoisotopic (exact) mass is 337 g/mol. The molecular weight excluding hydrogens is 318 g/mol. The molecule has 0 saturated carbocycles. The summed E-state index contributed by atoms with van der Waals surface area (Å²) in [4.78, 5) is 27.4. The van der Waals surface area contributed by atoms with Crippen LogP contribution in [-0.2, 0) is 14.3 Å². The van der Waals surface area contributed by atoms with Gasteiger partial charge in [-0.1, -0.05) is 36.4 Å². The second kappa shape index (κ2) is 6.24. The summed E-state index contributed by atoms with van der Waals surface area (Å²) in [7, 11) is 0. The zero-order chi connectivity index (χ0) is 17.4. The molecule has 0 aliphatic carbocycles. The molecule has 0 spiro atoms. The van der Waals surface area contributed by atoms with Crippen LogP contribution in [0.25, 0.3) is 0 Å². The number of anilines is 1. The van der Waals surface area contributed by atoms with Crippen LogP contribution in [0.3, 0.4) is 0 Å². The summed E-state index contributed by atoms with van der Waals surface area (Å²) >= 11 is 0. The lowest BCUT2D eigenvalue weighted by molar-refractivity contribution is -0.152. The van der Waals surface area contributed by atoms with Crippen LogP contribution in [0.4, 0.5) is 5.69 Å². The number of fused-ring (bicyclic) bond motifs is 3. The highest BCUT2D eigenvalue weighted by Gasteiger charge is 2.55. The van der Waals surface area contributed by atoms with Gasteiger partial charge in [0, 0.05) is 17.2 Å². The van der Waals surface area contributed by atoms with Gasteiger partial charge in [0.15, 0.2) is 0 Å². The van der Waals surface area contributed by atoms with Gasteiger partial charge in [-0.25, -0.2) is 0 Å². The van der Waals surface area contributed by atoms with Crippen LogP contribution in [0.15, 0.2) is 54.6 Å². The molecule has 2 aliphatic heterocycles. The van der Waals surface area contributed by atoms with E-state index >= 15 is 0 Å². The van der Waals surface area contributed by atoms with E-state index in [9.17, 15) is 9.59 Å². The first-order chi connectivity index (χ1) is 12.2. The molecule has 1 amide bonds. The standard InChI is InChI=1S/C20H19NO4/c1-2-24-20(23)17-15-12-25-16-11-7-6-10-14(16)18(15)21(19(17)22)13-8-4-3-5-9-13/h3-11,15,17-18H,2,12H2,1H3/t15-,17-,18-/m1/s1. The van der Waals surface area contributed by atoms with Crippen LogP contribution in [-0.4, -0.2) is 25.1 Å². The molecule has 0 bridgehead atoms. The van der Waals surface area contributed by atoms with E-state index in [1.54, 1.807) is 11.8 Å². The van der Waals surface area contributed by atoms with E-state index in [1.165, 1.54) is 0 Å². The van der Waals surface area contributed by atoms with Crippen molar-refractivity contribution in [1.29, 1.82) is 0 Å². The Labute approximate surface area is 146 Å². The van der Waals surface area contributed by atoms with Crippen molar-refractivity contribution in [3.05, 3.63) is 60.2 Å². The minimum Gasteiger partial charge on any atom is -0.493 e. The molecule has 4 rings (SSSR count). The van der Waals surface area contributed by atoms with E-state index in [1.807, 2.05) is 54.6 Å². The Morgan fingerprint density at radius 1 is 1.16 bits per heavy atom. The normalized spacial score (nSPS) is 24.3. The van der Waals surface area contributed by atoms with Crippen LogP contribution in [0.1, 0.15) is 18.5 Å². The molecule has 25 heavy (non-hydrogen) atoms. The summed E-state index contributed by atoms with van der Waals surface area (Å²) in [5.41, 5.74) is 1.72. The van der Waals surface area contributed by atoms with Gasteiger partial charge in [0.05, 0.1) is 19.3 Å². The number of hydrogen-bond donors (Lipinski definition) is 0. The molecule has 0 unspecified atom stereocenters. The smallest absolute Gasteiger partial charge is 0.319 e. The minimum absolute atomic E-state index is 0.222. The van der Waals surface area contributed by atoms with Crippen LogP contribution >= 0.6 is 0 Å². The maximum atomic E-state index is 13.2. The van der Waals surface area contributed by atoms with Crippen molar-refractivity contribution in [3.8, 4) is 5.75 Å². The summed E-state index contributed by atoms with van der Waals surface area (Å²) in [5, 5.41) is 0. The highest BCUT2D eigenvalue weighted by molar-refractivity contribution is 6.09. The third kappa shape index (κ3) is 2.47. The molecular formula is C20H19NO4. The Kier molecular flexibility index (Phi) is 3.92. The summed E-state index contributed by atoms with van der Waals surface area (Å²) in [6.07, 6.45) is 0. The molecule has 1 saturated heterocycles. The Morgan fingerprint density at radius 2 is 1.88 bits per heavy atom. The number of benzene rings is 2. The van der Waals surface area contributed by atoms with Gasteiger partial charge in [0.2, 0.25) is 5.91 Å². The first-order valence-electron chi connectivity index (χ1n) is 8.49. The average molecular weight is 337 g/mol. The third-order valence-electron chi connectivity index (χ3n) is 4.86. The van der Waals surface area contributed by atoms with Gasteiger partial charge in [-0.05, 0) is 25.1 Å². The Hall–Kier alpha value is -2.82. The van der Waals surface area contributed by atoms with Gasteiger partial charge in [0.1, 0.15) is 11.7 Å². The van der Waals surface area contributed by atoms with Gasteiger partial charge in [-0.3, -0.25) is 9.59 Å². The molecule has 3 atom stereocenters. The van der Waals surface area contributed by atoms with Crippen molar-refractivity contribution in [3.63, 3.8) is 0 Å². The highest BCUT2D eigenvalue weighted by atomic mass is 16.5. The number of carbonyl (C=O) groups is 2. The van der Waals surface area contributed by atoms with Crippen LogP contribution < -0.4 is 9.64 Å². The van der Waals surface area contributed by atoms with E-state index in [0.717, 1.165) is 17.0 Å². The number of para-hydroxylation sites is 2. The number of rotatable bonds is 3. The van der Waals surface area contributed by atoms with Crippen molar-refractivity contribution in [2.45, 2.75) is 13.0 Å². The topological polar surface area (TPSA) is 55.8 Å². The summed E-state index contributed by atoms with van der Waals surface area (Å²) < 4.78 is 11.0. The second-order valence-electron chi connectivity index (χ2n) is 6.23. The lowest BCUT2D eigenvalue weighted by Crippen LogP contribution is -2.33. The number of hydrogen-bond acceptors (Lipinski definition) is 4. The fraction of sp³-hybridized carbons (Fsp3) is 0.300. The molecule has 0 N–H and O–H groups in total. The van der Waals surface area contributed by atoms with E-state index in [4.69, 9.17) is 9.47 Å². The van der Waals surface area contributed by atoms with Crippen LogP contribution in [0, 0.1) is 11.8 Å². The van der Waals surface area contributed by atoms with E-state index in [-0.39, 0.29) is 24.5 Å². The number of ether oxygens (including phenoxy) is 2. The zero-order valence-electron chi connectivity index (χ0n) is 13.9. The molecule has 5 nitrogen and oxygen atoms in total. The molecule has 2 heterocycles. The lowest BCUT2D eigenvalue weighted by Gasteiger charge is -2.33. The van der Waals surface area contributed by atoms with Crippen molar-refractivity contribution in [2.75, 3.05) is 18.1 Å². The summed E-state index contributed by atoms with van der Waals surface area (Å²) in [6, 6.07) is 16.9. The molecule has 128 valence electrons. The Morgan fingerprint density at radius 3 is 2.64 bits per heavy atom. The van der Waals surface area contributed by atoms with Gasteiger partial charge in [0.25, 0.3) is 0 Å². The van der Waals surface area contributed by atoms with Crippen molar-refractivity contribution in [1.82, 2.24) is 0 Å². The molecule has 2 aromatic rings. The third-order valence-corrected chi connectivity index (χ3v) is 4.86. The van der Waals surface area contributed by atoms with Crippen molar-refractivity contribution in [2.24, 2.45) is 11.8 Å². The largest absolute Gasteiger partial charge is 0.493 e. The number of amides is 1. The average Bonchev–Trinajstić information content (AvgIpc) is 2.95. The van der Waals surface area contributed by atoms with Crippen LogP contribution in [0.5, 0.6) is 5.75 Å². The number of carbonyl (C=O) groups excluding carboxylic acids is 2. The highest BCUT2D eigenvalue weighted by Crippen LogP contribution is 2.49. The first kappa shape index (κ1) is 15.7. The maximum Gasteiger partial charge on any atom is 0.319 e. The first-order valence-corrected chi connectivity index (χ1v) is 8.49. The molecule has 2 aromatic carbocycles. The molecule has 0 aromatic heterocycles. The van der Waals surface area contributed by atoms with Crippen molar-refractivity contribution < 1.29 is 19.1 Å². The number of nitrogens with zero attached hydrogens (tertiary/aromatic N) is 1. The molecule has 2 aliphatic rings.